The number of anilines is 1. The number of nitrogens with zero attached hydrogens (tertiary/aromatic N) is 1. The number of ether oxygens (including phenoxy) is 4. The predicted octanol–water partition coefficient (Wildman–Crippen LogP) is 5.55. The van der Waals surface area contributed by atoms with Gasteiger partial charge in [0.25, 0.3) is 5.56 Å². The summed E-state index contributed by atoms with van der Waals surface area (Å²) in [5.41, 5.74) is 7.50. The van der Waals surface area contributed by atoms with Gasteiger partial charge in [0.2, 0.25) is 5.75 Å². The lowest BCUT2D eigenvalue weighted by atomic mass is 9.95. The number of methoxy groups -OCH3 is 4. The Labute approximate surface area is 271 Å². The summed E-state index contributed by atoms with van der Waals surface area (Å²) in [7, 11) is 1.33. The van der Waals surface area contributed by atoms with E-state index in [4.69, 9.17) is 28.9 Å². The van der Waals surface area contributed by atoms with Crippen molar-refractivity contribution in [3.05, 3.63) is 100 Å². The molecule has 0 atom stereocenters. The van der Waals surface area contributed by atoms with E-state index < -0.39 is 21.6 Å². The van der Waals surface area contributed by atoms with Gasteiger partial charge in [0.05, 0.1) is 33.8 Å². The summed E-state index contributed by atoms with van der Waals surface area (Å²) < 4.78 is 54.6. The second kappa shape index (κ2) is 13.4. The first kappa shape index (κ1) is 33.7. The molecule has 0 fully saturated rings. The minimum Gasteiger partial charge on any atom is -0.493 e. The lowest BCUT2D eigenvalue weighted by molar-refractivity contribution is 0.0591. The Balaban J connectivity index is 0.00000480. The van der Waals surface area contributed by atoms with Gasteiger partial charge in [0.1, 0.15) is 16.3 Å². The van der Waals surface area contributed by atoms with Crippen LogP contribution in [0, 0.1) is 6.92 Å². The highest BCUT2D eigenvalue weighted by Gasteiger charge is 2.28. The van der Waals surface area contributed by atoms with Crippen molar-refractivity contribution < 1.29 is 36.3 Å². The molecule has 46 heavy (non-hydrogen) atoms. The largest absolute Gasteiger partial charge is 0.493 e. The number of fused-ring (bicyclic) bond motifs is 1. The summed E-state index contributed by atoms with van der Waals surface area (Å²) in [5.74, 6) is -0.00513. The van der Waals surface area contributed by atoms with Crippen molar-refractivity contribution in [3.8, 4) is 39.8 Å². The van der Waals surface area contributed by atoms with E-state index in [1.165, 1.54) is 63.3 Å². The van der Waals surface area contributed by atoms with Crippen LogP contribution in [0.3, 0.4) is 0 Å². The standard InChI is InChI=1S/C33H30N2O9S.ClH/c1-19-6-13-24(14-7-19)45(38,39)44-23-12-15-25-26(18-23)32(36)35(22-10-8-21(34)9-11-22)30(33(37)43-5)29(25)20-16-27(40-2)31(42-4)28(17-20)41-3;/h6-18H,34H2,1-5H3;1H. The minimum atomic E-state index is -4.24. The Bertz CT molecular complexity index is 2070. The molecule has 0 spiro atoms. The molecule has 0 aliphatic carbocycles. The van der Waals surface area contributed by atoms with Crippen LogP contribution in [0.2, 0.25) is 0 Å². The fourth-order valence-electron chi connectivity index (χ4n) is 4.99. The summed E-state index contributed by atoms with van der Waals surface area (Å²) in [4.78, 5) is 27.7. The van der Waals surface area contributed by atoms with E-state index in [9.17, 15) is 18.0 Å². The molecule has 1 aromatic heterocycles. The van der Waals surface area contributed by atoms with Crippen LogP contribution < -0.4 is 29.7 Å². The molecular weight excluding hydrogens is 636 g/mol. The maximum Gasteiger partial charge on any atom is 0.355 e. The number of carbonyl (C=O) groups excluding carboxylic acids is 1. The number of aromatic nitrogens is 1. The molecule has 0 bridgehead atoms. The number of pyridine rings is 1. The first-order valence-corrected chi connectivity index (χ1v) is 14.9. The molecule has 1 heterocycles. The third-order valence-corrected chi connectivity index (χ3v) is 8.41. The van der Waals surface area contributed by atoms with E-state index >= 15 is 0 Å². The summed E-state index contributed by atoms with van der Waals surface area (Å²) >= 11 is 0. The van der Waals surface area contributed by atoms with Crippen LogP contribution in [0.1, 0.15) is 16.1 Å². The number of rotatable bonds is 9. The van der Waals surface area contributed by atoms with E-state index in [1.54, 1.807) is 48.5 Å². The Hall–Kier alpha value is -5.20. The third kappa shape index (κ3) is 6.17. The van der Waals surface area contributed by atoms with Crippen LogP contribution in [-0.2, 0) is 14.9 Å². The molecule has 4 aromatic carbocycles. The summed E-state index contributed by atoms with van der Waals surface area (Å²) in [6, 6.07) is 20.0. The van der Waals surface area contributed by atoms with Gasteiger partial charge in [-0.15, -0.1) is 12.4 Å². The zero-order chi connectivity index (χ0) is 32.5. The topological polar surface area (TPSA) is 145 Å². The van der Waals surface area contributed by atoms with E-state index in [2.05, 4.69) is 0 Å². The van der Waals surface area contributed by atoms with Gasteiger partial charge in [0, 0.05) is 16.9 Å². The molecule has 240 valence electrons. The highest BCUT2D eigenvalue weighted by Crippen LogP contribution is 2.44. The van der Waals surface area contributed by atoms with Crippen molar-refractivity contribution in [2.24, 2.45) is 0 Å². The zero-order valence-electron chi connectivity index (χ0n) is 25.5. The Morgan fingerprint density at radius 3 is 1.93 bits per heavy atom. The Morgan fingerprint density at radius 1 is 0.783 bits per heavy atom. The average Bonchev–Trinajstić information content (AvgIpc) is 3.04. The van der Waals surface area contributed by atoms with Crippen LogP contribution in [0.5, 0.6) is 23.0 Å². The molecule has 11 nitrogen and oxygen atoms in total. The summed E-state index contributed by atoms with van der Waals surface area (Å²) in [6.45, 7) is 1.83. The molecule has 5 aromatic rings. The molecule has 0 radical (unpaired) electrons. The van der Waals surface area contributed by atoms with Gasteiger partial charge in [-0.05, 0) is 84.6 Å². The van der Waals surface area contributed by atoms with Gasteiger partial charge in [-0.1, -0.05) is 17.7 Å². The van der Waals surface area contributed by atoms with Crippen molar-refractivity contribution in [1.82, 2.24) is 4.57 Å². The van der Waals surface area contributed by atoms with Crippen LogP contribution in [0.4, 0.5) is 5.69 Å². The van der Waals surface area contributed by atoms with Crippen molar-refractivity contribution >= 4 is 45.0 Å². The first-order valence-electron chi connectivity index (χ1n) is 13.5. The van der Waals surface area contributed by atoms with E-state index in [1.807, 2.05) is 6.92 Å². The monoisotopic (exact) mass is 666 g/mol. The fraction of sp³-hybridized carbons (Fsp3) is 0.152. The van der Waals surface area contributed by atoms with Crippen LogP contribution >= 0.6 is 12.4 Å². The Morgan fingerprint density at radius 2 is 1.39 bits per heavy atom. The Kier molecular flexibility index (Phi) is 9.83. The first-order chi connectivity index (χ1) is 21.5. The highest BCUT2D eigenvalue weighted by atomic mass is 35.5. The van der Waals surface area contributed by atoms with E-state index in [0.29, 0.717) is 39.6 Å². The van der Waals surface area contributed by atoms with Crippen LogP contribution in [-0.4, -0.2) is 47.4 Å². The number of esters is 1. The number of aryl methyl sites for hydroxylation is 1. The van der Waals surface area contributed by atoms with Crippen LogP contribution in [0.15, 0.2) is 88.6 Å². The van der Waals surface area contributed by atoms with Gasteiger partial charge in [0.15, 0.2) is 11.5 Å². The van der Waals surface area contributed by atoms with Crippen molar-refractivity contribution in [2.75, 3.05) is 34.2 Å². The smallest absolute Gasteiger partial charge is 0.355 e. The number of carbonyl (C=O) groups is 1. The number of hydrogen-bond acceptors (Lipinski definition) is 10. The van der Waals surface area contributed by atoms with E-state index in [-0.39, 0.29) is 39.7 Å². The van der Waals surface area contributed by atoms with Crippen molar-refractivity contribution in [2.45, 2.75) is 11.8 Å². The number of halogens is 1. The fourth-order valence-corrected chi connectivity index (χ4v) is 5.91. The van der Waals surface area contributed by atoms with E-state index in [0.717, 1.165) is 5.56 Å². The van der Waals surface area contributed by atoms with Gasteiger partial charge >= 0.3 is 16.1 Å². The number of nitrogens with two attached hydrogens (primary N) is 1. The lowest BCUT2D eigenvalue weighted by Gasteiger charge is -2.21. The van der Waals surface area contributed by atoms with Gasteiger partial charge < -0.3 is 28.9 Å². The number of hydrogen-bond donors (Lipinski definition) is 1. The molecule has 0 saturated heterocycles. The normalized spacial score (nSPS) is 11.0. The number of nitrogen functional groups attached to an aromatic ring is 1. The quantitative estimate of drug-likeness (QED) is 0.121. The molecule has 0 aliphatic heterocycles. The summed E-state index contributed by atoms with van der Waals surface area (Å²) in [6.07, 6.45) is 0. The second-order valence-corrected chi connectivity index (χ2v) is 11.5. The second-order valence-electron chi connectivity index (χ2n) is 9.92. The molecule has 0 unspecified atom stereocenters. The van der Waals surface area contributed by atoms with Crippen molar-refractivity contribution in [3.63, 3.8) is 0 Å². The molecule has 0 saturated carbocycles. The molecule has 2 N–H and O–H groups in total. The molecule has 0 amide bonds. The lowest BCUT2D eigenvalue weighted by Crippen LogP contribution is -2.27. The van der Waals surface area contributed by atoms with Crippen LogP contribution in [0.25, 0.3) is 27.6 Å². The minimum absolute atomic E-state index is 0. The molecule has 0 aliphatic rings. The zero-order valence-corrected chi connectivity index (χ0v) is 27.2. The maximum atomic E-state index is 14.3. The third-order valence-electron chi connectivity index (χ3n) is 7.15. The summed E-state index contributed by atoms with van der Waals surface area (Å²) in [5, 5.41) is 0.362. The molecule has 13 heteroatoms. The number of benzene rings is 4. The average molecular weight is 667 g/mol. The van der Waals surface area contributed by atoms with Crippen molar-refractivity contribution in [1.29, 1.82) is 0 Å². The van der Waals surface area contributed by atoms with Gasteiger partial charge in [-0.25, -0.2) is 4.79 Å². The highest BCUT2D eigenvalue weighted by molar-refractivity contribution is 7.87. The SMILES string of the molecule is COC(=O)c1c(-c2cc(OC)c(OC)c(OC)c2)c2ccc(OS(=O)(=O)c3ccc(C)cc3)cc2c(=O)n1-c1ccc(N)cc1.Cl. The molecular formula is C33H31ClN2O9S. The maximum absolute atomic E-state index is 14.3. The van der Waals surface area contributed by atoms with Gasteiger partial charge in [-0.2, -0.15) is 8.42 Å². The molecule has 5 rings (SSSR count). The predicted molar refractivity (Wildman–Crippen MR) is 177 cm³/mol. The van der Waals surface area contributed by atoms with Gasteiger partial charge in [-0.3, -0.25) is 9.36 Å².